The molecule has 110 valence electrons. The van der Waals surface area contributed by atoms with Crippen LogP contribution in [0, 0.1) is 11.8 Å². The normalized spacial score (nSPS) is 32.9. The van der Waals surface area contributed by atoms with E-state index in [4.69, 9.17) is 19.7 Å². The number of carbonyl (C=O) groups is 1. The molecule has 2 aliphatic rings. The second-order valence-electron chi connectivity index (χ2n) is 5.56. The first-order valence-corrected chi connectivity index (χ1v) is 7.28. The lowest BCUT2D eigenvalue weighted by Crippen LogP contribution is -2.31. The quantitative estimate of drug-likeness (QED) is 0.621. The van der Waals surface area contributed by atoms with Gasteiger partial charge in [0.1, 0.15) is 0 Å². The van der Waals surface area contributed by atoms with E-state index in [0.29, 0.717) is 43.7 Å². The van der Waals surface area contributed by atoms with E-state index in [1.54, 1.807) is 0 Å². The van der Waals surface area contributed by atoms with Gasteiger partial charge in [-0.3, -0.25) is 4.79 Å². The minimum Gasteiger partial charge on any atom is -0.481 e. The Morgan fingerprint density at radius 1 is 1.21 bits per heavy atom. The molecule has 0 unspecified atom stereocenters. The molecule has 5 heteroatoms. The molecule has 4 atom stereocenters. The fourth-order valence-electron chi connectivity index (χ4n) is 3.35. The average molecular weight is 272 g/mol. The Labute approximate surface area is 113 Å². The molecular formula is C14H24O5. The van der Waals surface area contributed by atoms with E-state index in [1.807, 2.05) is 0 Å². The highest BCUT2D eigenvalue weighted by atomic mass is 16.5. The predicted molar refractivity (Wildman–Crippen MR) is 68.9 cm³/mol. The standard InChI is InChI=1S/C14H24O5/c15-7-6-10-11(13-5-4-12(10)19-13)9-18-8-2-1-3-14(16)17/h10-13,15H,1-9H2,(H,16,17)/t10-,11+,12-,13+/m1/s1. The number of hydrogen-bond donors (Lipinski definition) is 2. The van der Waals surface area contributed by atoms with Gasteiger partial charge in [-0.15, -0.1) is 0 Å². The molecule has 5 nitrogen and oxygen atoms in total. The number of carboxylic acids is 1. The van der Waals surface area contributed by atoms with Crippen LogP contribution in [0.4, 0.5) is 0 Å². The van der Waals surface area contributed by atoms with Crippen LogP contribution in [0.3, 0.4) is 0 Å². The molecule has 2 fully saturated rings. The van der Waals surface area contributed by atoms with Crippen LogP contribution in [0.15, 0.2) is 0 Å². The third-order valence-electron chi connectivity index (χ3n) is 4.29. The van der Waals surface area contributed by atoms with Crippen LogP contribution in [0.1, 0.15) is 38.5 Å². The number of aliphatic hydroxyl groups excluding tert-OH is 1. The summed E-state index contributed by atoms with van der Waals surface area (Å²) in [7, 11) is 0. The number of aliphatic carboxylic acids is 1. The largest absolute Gasteiger partial charge is 0.481 e. The molecule has 0 saturated carbocycles. The second kappa shape index (κ2) is 7.22. The van der Waals surface area contributed by atoms with Gasteiger partial charge in [-0.1, -0.05) is 0 Å². The van der Waals surface area contributed by atoms with E-state index >= 15 is 0 Å². The zero-order chi connectivity index (χ0) is 13.7. The van der Waals surface area contributed by atoms with Gasteiger partial charge >= 0.3 is 5.97 Å². The van der Waals surface area contributed by atoms with E-state index < -0.39 is 5.97 Å². The third-order valence-corrected chi connectivity index (χ3v) is 4.29. The molecule has 2 aliphatic heterocycles. The zero-order valence-electron chi connectivity index (χ0n) is 11.3. The highest BCUT2D eigenvalue weighted by Crippen LogP contribution is 2.44. The minimum absolute atomic E-state index is 0.215. The van der Waals surface area contributed by atoms with Gasteiger partial charge in [0.05, 0.1) is 18.8 Å². The average Bonchev–Trinajstić information content (AvgIpc) is 2.95. The van der Waals surface area contributed by atoms with Crippen molar-refractivity contribution in [3.8, 4) is 0 Å². The van der Waals surface area contributed by atoms with Crippen molar-refractivity contribution in [3.05, 3.63) is 0 Å². The molecule has 2 heterocycles. The summed E-state index contributed by atoms with van der Waals surface area (Å²) >= 11 is 0. The molecule has 0 spiro atoms. The van der Waals surface area contributed by atoms with Gasteiger partial charge in [-0.2, -0.15) is 0 Å². The number of ether oxygens (including phenoxy) is 2. The van der Waals surface area contributed by atoms with E-state index in [1.165, 1.54) is 0 Å². The Kier molecular flexibility index (Phi) is 5.60. The first-order chi connectivity index (χ1) is 9.22. The molecule has 2 rings (SSSR count). The lowest BCUT2D eigenvalue weighted by Gasteiger charge is -2.27. The molecule has 0 radical (unpaired) electrons. The van der Waals surface area contributed by atoms with Crippen LogP contribution in [0.2, 0.25) is 0 Å². The van der Waals surface area contributed by atoms with Crippen LogP contribution in [0.5, 0.6) is 0 Å². The van der Waals surface area contributed by atoms with Crippen molar-refractivity contribution in [2.45, 2.75) is 50.7 Å². The Balaban J connectivity index is 1.63. The van der Waals surface area contributed by atoms with Crippen molar-refractivity contribution in [3.63, 3.8) is 0 Å². The molecule has 0 aliphatic carbocycles. The van der Waals surface area contributed by atoms with Gasteiger partial charge in [-0.05, 0) is 38.0 Å². The van der Waals surface area contributed by atoms with Crippen molar-refractivity contribution < 1.29 is 24.5 Å². The summed E-state index contributed by atoms with van der Waals surface area (Å²) < 4.78 is 11.6. The van der Waals surface area contributed by atoms with E-state index in [-0.39, 0.29) is 13.0 Å². The lowest BCUT2D eigenvalue weighted by molar-refractivity contribution is -0.137. The van der Waals surface area contributed by atoms with E-state index in [0.717, 1.165) is 25.7 Å². The molecule has 2 N–H and O–H groups in total. The summed E-state index contributed by atoms with van der Waals surface area (Å²) in [5.74, 6) is 0.0951. The highest BCUT2D eigenvalue weighted by Gasteiger charge is 2.48. The summed E-state index contributed by atoms with van der Waals surface area (Å²) in [6, 6.07) is 0. The van der Waals surface area contributed by atoms with Crippen molar-refractivity contribution in [2.24, 2.45) is 11.8 Å². The SMILES string of the molecule is O=C(O)CCCCOC[C@H]1[C@@H](CCO)[C@H]2CC[C@@H]1O2. The molecule has 2 bridgehead atoms. The highest BCUT2D eigenvalue weighted by molar-refractivity contribution is 5.66. The predicted octanol–water partition coefficient (Wildman–Crippen LogP) is 1.43. The number of aliphatic hydroxyl groups is 1. The minimum atomic E-state index is -0.746. The number of carboxylic acid groups (broad SMARTS) is 1. The monoisotopic (exact) mass is 272 g/mol. The zero-order valence-corrected chi connectivity index (χ0v) is 11.3. The smallest absolute Gasteiger partial charge is 0.303 e. The van der Waals surface area contributed by atoms with Crippen molar-refractivity contribution in [2.75, 3.05) is 19.8 Å². The van der Waals surface area contributed by atoms with Gasteiger partial charge in [0.2, 0.25) is 0 Å². The molecule has 0 aromatic carbocycles. The number of rotatable bonds is 9. The van der Waals surface area contributed by atoms with E-state index in [9.17, 15) is 4.79 Å². The summed E-state index contributed by atoms with van der Waals surface area (Å²) in [5.41, 5.74) is 0. The Bertz CT molecular complexity index is 294. The summed E-state index contributed by atoms with van der Waals surface area (Å²) in [5, 5.41) is 17.6. The number of unbranched alkanes of at least 4 members (excludes halogenated alkanes) is 1. The Morgan fingerprint density at radius 2 is 1.95 bits per heavy atom. The molecule has 0 amide bonds. The first-order valence-electron chi connectivity index (χ1n) is 7.28. The molecule has 19 heavy (non-hydrogen) atoms. The molecular weight excluding hydrogens is 248 g/mol. The van der Waals surface area contributed by atoms with Crippen LogP contribution in [-0.2, 0) is 14.3 Å². The fourth-order valence-corrected chi connectivity index (χ4v) is 3.35. The fraction of sp³-hybridized carbons (Fsp3) is 0.929. The van der Waals surface area contributed by atoms with Crippen molar-refractivity contribution in [1.29, 1.82) is 0 Å². The maximum Gasteiger partial charge on any atom is 0.303 e. The first kappa shape index (κ1) is 14.8. The van der Waals surface area contributed by atoms with Crippen LogP contribution in [0.25, 0.3) is 0 Å². The summed E-state index contributed by atoms with van der Waals surface area (Å²) in [6.45, 7) is 1.51. The maximum atomic E-state index is 10.4. The maximum absolute atomic E-state index is 10.4. The van der Waals surface area contributed by atoms with Gasteiger partial charge in [0.25, 0.3) is 0 Å². The van der Waals surface area contributed by atoms with Crippen molar-refractivity contribution in [1.82, 2.24) is 0 Å². The number of fused-ring (bicyclic) bond motifs is 2. The molecule has 0 aromatic rings. The van der Waals surface area contributed by atoms with Crippen molar-refractivity contribution >= 4 is 5.97 Å². The number of hydrogen-bond acceptors (Lipinski definition) is 4. The third kappa shape index (κ3) is 3.91. The van der Waals surface area contributed by atoms with Crippen LogP contribution in [-0.4, -0.2) is 48.2 Å². The summed E-state index contributed by atoms with van der Waals surface area (Å²) in [4.78, 5) is 10.4. The Hall–Kier alpha value is -0.650. The molecule has 0 aromatic heterocycles. The van der Waals surface area contributed by atoms with Gasteiger partial charge < -0.3 is 19.7 Å². The molecule has 2 saturated heterocycles. The van der Waals surface area contributed by atoms with Crippen LogP contribution < -0.4 is 0 Å². The lowest BCUT2D eigenvalue weighted by atomic mass is 9.78. The van der Waals surface area contributed by atoms with E-state index in [2.05, 4.69) is 0 Å². The second-order valence-corrected chi connectivity index (χ2v) is 5.56. The van der Waals surface area contributed by atoms with Gasteiger partial charge in [0.15, 0.2) is 0 Å². The summed E-state index contributed by atoms with van der Waals surface area (Å²) in [6.07, 6.45) is 5.33. The van der Waals surface area contributed by atoms with Gasteiger partial charge in [-0.25, -0.2) is 0 Å². The van der Waals surface area contributed by atoms with Crippen LogP contribution >= 0.6 is 0 Å². The Morgan fingerprint density at radius 3 is 2.63 bits per heavy atom. The topological polar surface area (TPSA) is 76.0 Å². The van der Waals surface area contributed by atoms with Gasteiger partial charge in [0, 0.05) is 25.6 Å².